The van der Waals surface area contributed by atoms with Crippen LogP contribution in [0.15, 0.2) is 0 Å². The van der Waals surface area contributed by atoms with E-state index in [1.165, 1.54) is 6.42 Å². The zero-order valence-electron chi connectivity index (χ0n) is 11.0. The molecule has 3 nitrogen and oxygen atoms in total. The largest absolute Gasteiger partial charge is 0.493 e. The van der Waals surface area contributed by atoms with E-state index < -0.39 is 0 Å². The Morgan fingerprint density at radius 3 is 2.44 bits per heavy atom. The van der Waals surface area contributed by atoms with Crippen LogP contribution in [0.25, 0.3) is 0 Å². The van der Waals surface area contributed by atoms with Gasteiger partial charge in [-0.2, -0.15) is 5.10 Å². The highest BCUT2D eigenvalue weighted by Gasteiger charge is 2.18. The molecule has 1 N–H and O–H groups in total. The fourth-order valence-electron chi connectivity index (χ4n) is 2.00. The summed E-state index contributed by atoms with van der Waals surface area (Å²) in [6.07, 6.45) is 4.29. The smallest absolute Gasteiger partial charge is 0.213 e. The molecular weight excluding hydrogens is 200 g/mol. The number of aromatic nitrogens is 2. The third kappa shape index (κ3) is 2.77. The van der Waals surface area contributed by atoms with E-state index in [9.17, 15) is 5.11 Å². The van der Waals surface area contributed by atoms with Crippen molar-refractivity contribution in [2.24, 2.45) is 0 Å². The molecule has 0 amide bonds. The van der Waals surface area contributed by atoms with Crippen LogP contribution in [-0.4, -0.2) is 14.9 Å². The van der Waals surface area contributed by atoms with E-state index in [2.05, 4.69) is 32.8 Å². The van der Waals surface area contributed by atoms with Gasteiger partial charge in [0.1, 0.15) is 0 Å². The number of aromatic hydroxyl groups is 1. The van der Waals surface area contributed by atoms with Crippen LogP contribution in [0.4, 0.5) is 0 Å². The molecule has 0 saturated heterocycles. The maximum Gasteiger partial charge on any atom is 0.213 e. The van der Waals surface area contributed by atoms with Gasteiger partial charge in [-0.05, 0) is 25.2 Å². The lowest BCUT2D eigenvalue weighted by Gasteiger charge is -2.05. The van der Waals surface area contributed by atoms with Gasteiger partial charge >= 0.3 is 0 Å². The van der Waals surface area contributed by atoms with Crippen LogP contribution in [0.2, 0.25) is 0 Å². The van der Waals surface area contributed by atoms with Crippen LogP contribution in [0, 0.1) is 0 Å². The molecule has 0 atom stereocenters. The molecular formula is C13H24N2O. The number of unbranched alkanes of at least 4 members (excludes halogenated alkanes) is 1. The van der Waals surface area contributed by atoms with E-state index in [0.29, 0.717) is 11.8 Å². The standard InChI is InChI=1S/C13H24N2O/c1-5-7-8-11-12(10(3)4)13(16)15(14-11)9-6-2/h10,16H,5-9H2,1-4H3. The van der Waals surface area contributed by atoms with Gasteiger partial charge < -0.3 is 5.11 Å². The summed E-state index contributed by atoms with van der Waals surface area (Å²) >= 11 is 0. The molecule has 92 valence electrons. The second-order valence-electron chi connectivity index (χ2n) is 4.67. The Morgan fingerprint density at radius 2 is 1.94 bits per heavy atom. The van der Waals surface area contributed by atoms with Gasteiger partial charge in [0.2, 0.25) is 5.88 Å². The maximum absolute atomic E-state index is 10.1. The zero-order chi connectivity index (χ0) is 12.1. The van der Waals surface area contributed by atoms with Gasteiger partial charge in [0.05, 0.1) is 5.69 Å². The van der Waals surface area contributed by atoms with E-state index in [0.717, 1.165) is 37.1 Å². The first-order chi connectivity index (χ1) is 7.61. The second-order valence-corrected chi connectivity index (χ2v) is 4.67. The molecule has 1 rings (SSSR count). The molecule has 0 saturated carbocycles. The maximum atomic E-state index is 10.1. The van der Waals surface area contributed by atoms with Crippen LogP contribution in [0.3, 0.4) is 0 Å². The van der Waals surface area contributed by atoms with Crippen molar-refractivity contribution >= 4 is 0 Å². The first-order valence-electron chi connectivity index (χ1n) is 6.40. The number of rotatable bonds is 6. The van der Waals surface area contributed by atoms with Gasteiger partial charge in [-0.3, -0.25) is 0 Å². The van der Waals surface area contributed by atoms with E-state index >= 15 is 0 Å². The van der Waals surface area contributed by atoms with Gasteiger partial charge in [0, 0.05) is 12.1 Å². The van der Waals surface area contributed by atoms with E-state index in [1.807, 2.05) is 0 Å². The number of hydrogen-bond donors (Lipinski definition) is 1. The third-order valence-corrected chi connectivity index (χ3v) is 2.82. The summed E-state index contributed by atoms with van der Waals surface area (Å²) in [7, 11) is 0. The van der Waals surface area contributed by atoms with Crippen LogP contribution in [0.5, 0.6) is 5.88 Å². The summed E-state index contributed by atoms with van der Waals surface area (Å²) < 4.78 is 1.75. The summed E-state index contributed by atoms with van der Waals surface area (Å²) in [5, 5.41) is 14.6. The Labute approximate surface area is 98.5 Å². The van der Waals surface area contributed by atoms with E-state index in [4.69, 9.17) is 0 Å². The van der Waals surface area contributed by atoms with Gasteiger partial charge in [0.25, 0.3) is 0 Å². The summed E-state index contributed by atoms with van der Waals surface area (Å²) in [6.45, 7) is 9.31. The molecule has 1 aromatic rings. The monoisotopic (exact) mass is 224 g/mol. The van der Waals surface area contributed by atoms with Gasteiger partial charge in [0.15, 0.2) is 0 Å². The Bertz CT molecular complexity index is 329. The normalized spacial score (nSPS) is 11.3. The zero-order valence-corrected chi connectivity index (χ0v) is 11.0. The van der Waals surface area contributed by atoms with Crippen molar-refractivity contribution in [3.8, 4) is 5.88 Å². The van der Waals surface area contributed by atoms with Crippen LogP contribution < -0.4 is 0 Å². The minimum absolute atomic E-state index is 0.345. The topological polar surface area (TPSA) is 38.0 Å². The first kappa shape index (κ1) is 13.1. The van der Waals surface area contributed by atoms with E-state index in [-0.39, 0.29) is 0 Å². The average Bonchev–Trinajstić information content (AvgIpc) is 2.53. The lowest BCUT2D eigenvalue weighted by atomic mass is 10.0. The number of aryl methyl sites for hydroxylation is 2. The molecule has 0 unspecified atom stereocenters. The number of nitrogens with zero attached hydrogens (tertiary/aromatic N) is 2. The van der Waals surface area contributed by atoms with Crippen molar-refractivity contribution in [2.75, 3.05) is 0 Å². The highest BCUT2D eigenvalue weighted by Crippen LogP contribution is 2.30. The van der Waals surface area contributed by atoms with Crippen molar-refractivity contribution in [2.45, 2.75) is 65.8 Å². The predicted molar refractivity (Wildman–Crippen MR) is 66.9 cm³/mol. The molecule has 0 radical (unpaired) electrons. The molecule has 0 aliphatic carbocycles. The molecule has 1 heterocycles. The quantitative estimate of drug-likeness (QED) is 0.803. The van der Waals surface area contributed by atoms with Crippen molar-refractivity contribution in [1.29, 1.82) is 0 Å². The van der Waals surface area contributed by atoms with Gasteiger partial charge in [-0.15, -0.1) is 0 Å². The minimum Gasteiger partial charge on any atom is -0.493 e. The Hall–Kier alpha value is -0.990. The Balaban J connectivity index is 2.99. The van der Waals surface area contributed by atoms with Crippen LogP contribution in [-0.2, 0) is 13.0 Å². The van der Waals surface area contributed by atoms with Crippen LogP contribution >= 0.6 is 0 Å². The summed E-state index contributed by atoms with van der Waals surface area (Å²) in [4.78, 5) is 0. The first-order valence-corrected chi connectivity index (χ1v) is 6.40. The molecule has 16 heavy (non-hydrogen) atoms. The molecule has 0 aliphatic rings. The predicted octanol–water partition coefficient (Wildman–Crippen LogP) is 3.46. The lowest BCUT2D eigenvalue weighted by molar-refractivity contribution is 0.391. The Kier molecular flexibility index (Phi) is 4.84. The van der Waals surface area contributed by atoms with Crippen LogP contribution in [0.1, 0.15) is 64.1 Å². The summed E-state index contributed by atoms with van der Waals surface area (Å²) in [5.41, 5.74) is 2.13. The lowest BCUT2D eigenvalue weighted by Crippen LogP contribution is -1.99. The van der Waals surface area contributed by atoms with Crippen molar-refractivity contribution in [3.63, 3.8) is 0 Å². The van der Waals surface area contributed by atoms with E-state index in [1.54, 1.807) is 4.68 Å². The van der Waals surface area contributed by atoms with Gasteiger partial charge in [-0.1, -0.05) is 34.1 Å². The molecule has 0 fully saturated rings. The fourth-order valence-corrected chi connectivity index (χ4v) is 2.00. The highest BCUT2D eigenvalue weighted by molar-refractivity contribution is 5.33. The van der Waals surface area contributed by atoms with Crippen molar-refractivity contribution in [3.05, 3.63) is 11.3 Å². The highest BCUT2D eigenvalue weighted by atomic mass is 16.3. The summed E-state index contributed by atoms with van der Waals surface area (Å²) in [5.74, 6) is 0.723. The average molecular weight is 224 g/mol. The SMILES string of the molecule is CCCCc1nn(CCC)c(O)c1C(C)C. The van der Waals surface area contributed by atoms with Crippen molar-refractivity contribution in [1.82, 2.24) is 9.78 Å². The molecule has 0 aliphatic heterocycles. The summed E-state index contributed by atoms with van der Waals surface area (Å²) in [6, 6.07) is 0. The number of hydrogen-bond acceptors (Lipinski definition) is 2. The molecule has 1 aromatic heterocycles. The Morgan fingerprint density at radius 1 is 1.25 bits per heavy atom. The molecule has 0 bridgehead atoms. The molecule has 0 spiro atoms. The molecule has 3 heteroatoms. The molecule has 0 aromatic carbocycles. The third-order valence-electron chi connectivity index (χ3n) is 2.82. The fraction of sp³-hybridized carbons (Fsp3) is 0.769. The van der Waals surface area contributed by atoms with Gasteiger partial charge in [-0.25, -0.2) is 4.68 Å². The second kappa shape index (κ2) is 5.92. The minimum atomic E-state index is 0.345. The van der Waals surface area contributed by atoms with Crippen molar-refractivity contribution < 1.29 is 5.11 Å².